The molecule has 1 amide bonds. The fraction of sp³-hybridized carbons (Fsp3) is 0.947. The molecule has 0 aromatic rings. The molecule has 0 fully saturated rings. The molecule has 0 bridgehead atoms. The van der Waals surface area contributed by atoms with Crippen molar-refractivity contribution in [1.82, 2.24) is 5.32 Å². The fourth-order valence-corrected chi connectivity index (χ4v) is 9.66. The van der Waals surface area contributed by atoms with E-state index in [9.17, 15) is 19.4 Å². The second kappa shape index (κ2) is 49.2. The summed E-state index contributed by atoms with van der Waals surface area (Å²) in [5, 5.41) is 13.8. The third-order valence-electron chi connectivity index (χ3n) is 13.5. The van der Waals surface area contributed by atoms with Crippen LogP contribution in [0, 0.1) is 0 Å². The highest BCUT2D eigenvalue weighted by Crippen LogP contribution is 2.43. The van der Waals surface area contributed by atoms with Gasteiger partial charge in [0.25, 0.3) is 0 Å². The Kier molecular flexibility index (Phi) is 48.7. The number of aliphatic hydroxyl groups is 1. The van der Waals surface area contributed by atoms with Crippen molar-refractivity contribution in [3.63, 3.8) is 0 Å². The first-order chi connectivity index (χ1) is 32.0. The smallest absolute Gasteiger partial charge is 0.387 e. The Morgan fingerprint density at radius 3 is 1.12 bits per heavy atom. The topological polar surface area (TPSA) is 105 Å². The van der Waals surface area contributed by atoms with Gasteiger partial charge in [-0.15, -0.1) is 0 Å². The van der Waals surface area contributed by atoms with Gasteiger partial charge in [-0.1, -0.05) is 283 Å². The van der Waals surface area contributed by atoms with Crippen LogP contribution in [-0.2, 0) is 18.4 Å². The summed E-state index contributed by atoms with van der Waals surface area (Å²) in [5.74, 6) is -0.173. The number of nitrogens with zero attached hydrogens (tertiary/aromatic N) is 1. The van der Waals surface area contributed by atoms with Crippen molar-refractivity contribution >= 4 is 13.7 Å². The molecular formula is C57H116N2O6P+. The molecule has 394 valence electrons. The number of allylic oxidation sites excluding steroid dienone is 1. The summed E-state index contributed by atoms with van der Waals surface area (Å²) >= 11 is 0. The lowest BCUT2D eigenvalue weighted by molar-refractivity contribution is -0.870. The Bertz CT molecular complexity index is 1080. The third-order valence-corrected chi connectivity index (χ3v) is 14.5. The van der Waals surface area contributed by atoms with Crippen LogP contribution in [0.15, 0.2) is 12.2 Å². The van der Waals surface area contributed by atoms with E-state index >= 15 is 0 Å². The van der Waals surface area contributed by atoms with Crippen LogP contribution < -0.4 is 5.32 Å². The zero-order valence-electron chi connectivity index (χ0n) is 45.0. The molecule has 8 nitrogen and oxygen atoms in total. The van der Waals surface area contributed by atoms with Gasteiger partial charge in [0.15, 0.2) is 0 Å². The first-order valence-electron chi connectivity index (χ1n) is 29.1. The number of quaternary nitrogens is 1. The molecule has 0 radical (unpaired) electrons. The second-order valence-electron chi connectivity index (χ2n) is 21.4. The van der Waals surface area contributed by atoms with E-state index in [1.54, 1.807) is 6.08 Å². The number of phosphoric acid groups is 1. The van der Waals surface area contributed by atoms with Gasteiger partial charge in [0.2, 0.25) is 5.91 Å². The van der Waals surface area contributed by atoms with Crippen LogP contribution >= 0.6 is 7.82 Å². The van der Waals surface area contributed by atoms with Gasteiger partial charge >= 0.3 is 7.82 Å². The molecule has 0 saturated carbocycles. The van der Waals surface area contributed by atoms with E-state index in [-0.39, 0.29) is 19.1 Å². The van der Waals surface area contributed by atoms with Crippen molar-refractivity contribution < 1.29 is 32.9 Å². The minimum atomic E-state index is -4.33. The number of nitrogens with one attached hydrogen (secondary N) is 1. The van der Waals surface area contributed by atoms with Gasteiger partial charge in [0.05, 0.1) is 39.9 Å². The average molecular weight is 957 g/mol. The molecule has 3 N–H and O–H groups in total. The van der Waals surface area contributed by atoms with Crippen LogP contribution in [0.4, 0.5) is 0 Å². The molecule has 0 aliphatic rings. The lowest BCUT2D eigenvalue weighted by Gasteiger charge is -2.25. The Morgan fingerprint density at radius 2 is 0.803 bits per heavy atom. The summed E-state index contributed by atoms with van der Waals surface area (Å²) in [4.78, 5) is 23.2. The van der Waals surface area contributed by atoms with Crippen LogP contribution in [0.5, 0.6) is 0 Å². The summed E-state index contributed by atoms with van der Waals surface area (Å²) in [6.45, 7) is 4.82. The average Bonchev–Trinajstić information content (AvgIpc) is 3.28. The fourth-order valence-electron chi connectivity index (χ4n) is 8.93. The Balaban J connectivity index is 3.82. The van der Waals surface area contributed by atoms with E-state index < -0.39 is 20.0 Å². The molecule has 0 aliphatic carbocycles. The van der Waals surface area contributed by atoms with Crippen LogP contribution in [0.1, 0.15) is 296 Å². The molecule has 0 aromatic carbocycles. The van der Waals surface area contributed by atoms with E-state index in [1.165, 1.54) is 238 Å². The summed E-state index contributed by atoms with van der Waals surface area (Å²) in [7, 11) is 1.58. The predicted molar refractivity (Wildman–Crippen MR) is 286 cm³/mol. The van der Waals surface area contributed by atoms with Crippen molar-refractivity contribution in [3.05, 3.63) is 12.2 Å². The quantitative estimate of drug-likeness (QED) is 0.0243. The Labute approximate surface area is 412 Å². The maximum absolute atomic E-state index is 12.9. The minimum absolute atomic E-state index is 0.0644. The van der Waals surface area contributed by atoms with Crippen LogP contribution in [0.2, 0.25) is 0 Å². The van der Waals surface area contributed by atoms with Gasteiger partial charge in [0.1, 0.15) is 13.2 Å². The summed E-state index contributed by atoms with van der Waals surface area (Å²) in [5.41, 5.74) is 0. The van der Waals surface area contributed by atoms with Gasteiger partial charge in [0, 0.05) is 6.42 Å². The zero-order chi connectivity index (χ0) is 48.5. The molecule has 0 heterocycles. The van der Waals surface area contributed by atoms with Gasteiger partial charge in [-0.2, -0.15) is 0 Å². The van der Waals surface area contributed by atoms with Crippen molar-refractivity contribution in [3.8, 4) is 0 Å². The minimum Gasteiger partial charge on any atom is -0.387 e. The van der Waals surface area contributed by atoms with Crippen molar-refractivity contribution in [2.45, 2.75) is 309 Å². The molecular weight excluding hydrogens is 840 g/mol. The second-order valence-corrected chi connectivity index (χ2v) is 22.8. The third kappa shape index (κ3) is 51.1. The lowest BCUT2D eigenvalue weighted by Crippen LogP contribution is -2.45. The molecule has 0 aliphatic heterocycles. The number of hydrogen-bond acceptors (Lipinski definition) is 5. The number of phosphoric ester groups is 1. The number of hydrogen-bond donors (Lipinski definition) is 3. The molecule has 0 aromatic heterocycles. The Hall–Kier alpha value is -0.760. The summed E-state index contributed by atoms with van der Waals surface area (Å²) in [6.07, 6.45) is 60.7. The molecule has 0 saturated heterocycles. The number of likely N-dealkylation sites (N-methyl/N-ethyl adjacent to an activating group) is 1. The molecule has 0 rings (SSSR count). The predicted octanol–water partition coefficient (Wildman–Crippen LogP) is 17.4. The number of aliphatic hydroxyl groups excluding tert-OH is 1. The SMILES string of the molecule is CCCCCCCCC/C=C/[C@@H](O)[C@H](COP(=O)(O)OCC[N+](C)(C)C)NC(=O)CCCCCCCCCCCCCCCCCCCCCCCCCCCCCCCCCCCCC. The van der Waals surface area contributed by atoms with Gasteiger partial charge < -0.3 is 19.8 Å². The largest absolute Gasteiger partial charge is 0.472 e. The monoisotopic (exact) mass is 956 g/mol. The highest BCUT2D eigenvalue weighted by Gasteiger charge is 2.27. The molecule has 66 heavy (non-hydrogen) atoms. The number of rotatable bonds is 54. The van der Waals surface area contributed by atoms with E-state index in [2.05, 4.69) is 19.2 Å². The van der Waals surface area contributed by atoms with Crippen LogP contribution in [-0.4, -0.2) is 73.4 Å². The van der Waals surface area contributed by atoms with Crippen molar-refractivity contribution in [1.29, 1.82) is 0 Å². The maximum Gasteiger partial charge on any atom is 0.472 e. The van der Waals surface area contributed by atoms with Crippen molar-refractivity contribution in [2.24, 2.45) is 0 Å². The van der Waals surface area contributed by atoms with Crippen molar-refractivity contribution in [2.75, 3.05) is 40.9 Å². The first kappa shape index (κ1) is 65.2. The highest BCUT2D eigenvalue weighted by molar-refractivity contribution is 7.47. The van der Waals surface area contributed by atoms with E-state index in [0.29, 0.717) is 17.4 Å². The number of amides is 1. The molecule has 3 atom stereocenters. The highest BCUT2D eigenvalue weighted by atomic mass is 31.2. The lowest BCUT2D eigenvalue weighted by atomic mass is 10.0. The Morgan fingerprint density at radius 1 is 0.500 bits per heavy atom. The van der Waals surface area contributed by atoms with Gasteiger partial charge in [-0.25, -0.2) is 4.57 Å². The van der Waals surface area contributed by atoms with Crippen LogP contribution in [0.25, 0.3) is 0 Å². The number of carbonyl (C=O) groups excluding carboxylic acids is 1. The zero-order valence-corrected chi connectivity index (χ0v) is 45.9. The first-order valence-corrected chi connectivity index (χ1v) is 30.6. The molecule has 1 unspecified atom stereocenters. The van der Waals surface area contributed by atoms with E-state index in [4.69, 9.17) is 9.05 Å². The van der Waals surface area contributed by atoms with E-state index in [1.807, 2.05) is 27.2 Å². The van der Waals surface area contributed by atoms with Crippen LogP contribution in [0.3, 0.4) is 0 Å². The summed E-state index contributed by atoms with van der Waals surface area (Å²) in [6, 6.07) is -0.840. The molecule has 9 heteroatoms. The normalized spacial score (nSPS) is 14.0. The molecule has 0 spiro atoms. The number of carbonyl (C=O) groups is 1. The van der Waals surface area contributed by atoms with Gasteiger partial charge in [-0.05, 0) is 19.3 Å². The number of unbranched alkanes of at least 4 members (excludes halogenated alkanes) is 41. The summed E-state index contributed by atoms with van der Waals surface area (Å²) < 4.78 is 23.6. The maximum atomic E-state index is 12.9. The van der Waals surface area contributed by atoms with Gasteiger partial charge in [-0.3, -0.25) is 13.8 Å². The standard InChI is InChI=1S/C57H115N2O6P/c1-6-8-10-12-14-16-17-18-19-20-21-22-23-24-25-26-27-28-29-30-31-32-33-34-35-36-37-38-39-40-41-43-45-47-49-51-57(61)58-55(54-65-66(62,63)64-53-52-59(3,4)5)56(60)50-48-46-44-42-15-13-11-9-7-2/h48,50,55-56,60H,6-47,49,51-54H2,1-5H3,(H-,58,61,62,63)/p+1/b50-48+/t55-,56+/m0/s1. The van der Waals surface area contributed by atoms with E-state index in [0.717, 1.165) is 38.5 Å².